The lowest BCUT2D eigenvalue weighted by Crippen LogP contribution is -2.82. The highest BCUT2D eigenvalue weighted by Crippen LogP contribution is 2.52. The summed E-state index contributed by atoms with van der Waals surface area (Å²) in [6.07, 6.45) is 0. The van der Waals surface area contributed by atoms with Crippen molar-refractivity contribution in [2.24, 2.45) is 11.3 Å². The Kier molecular flexibility index (Phi) is 12.0. The van der Waals surface area contributed by atoms with Crippen LogP contribution in [0.15, 0.2) is 84.9 Å². The Morgan fingerprint density at radius 3 is 1.64 bits per heavy atom. The SMILES string of the molecule is CCOC(=O)C(C)(C(=O)OCC)C1C(=O)N(Cc2ccc(OC)cc2)C1(CO[Si](c1ccccc1)(c1ccccc1)C(C)(C)C)C(=O)OCC. The van der Waals surface area contributed by atoms with E-state index in [0.29, 0.717) is 11.3 Å². The van der Waals surface area contributed by atoms with E-state index in [9.17, 15) is 19.2 Å². The summed E-state index contributed by atoms with van der Waals surface area (Å²) in [7, 11) is -1.78. The van der Waals surface area contributed by atoms with Crippen molar-refractivity contribution < 1.29 is 42.6 Å². The number of carbonyl (C=O) groups excluding carboxylic acids is 4. The molecule has 0 spiro atoms. The fraction of sp³-hybridized carbons (Fsp3) is 0.436. The Balaban J connectivity index is 2.01. The molecule has 50 heavy (non-hydrogen) atoms. The fourth-order valence-corrected chi connectivity index (χ4v) is 11.7. The molecule has 1 aliphatic rings. The Morgan fingerprint density at radius 1 is 0.740 bits per heavy atom. The van der Waals surface area contributed by atoms with Crippen LogP contribution in [0, 0.1) is 11.3 Å². The van der Waals surface area contributed by atoms with Crippen molar-refractivity contribution in [3.8, 4) is 5.75 Å². The molecule has 1 fully saturated rings. The maximum absolute atomic E-state index is 14.6. The van der Waals surface area contributed by atoms with E-state index in [1.54, 1.807) is 52.1 Å². The molecule has 3 aromatic carbocycles. The molecule has 4 rings (SSSR count). The van der Waals surface area contributed by atoms with Crippen LogP contribution < -0.4 is 15.1 Å². The Bertz CT molecular complexity index is 1580. The van der Waals surface area contributed by atoms with Gasteiger partial charge >= 0.3 is 17.9 Å². The highest BCUT2D eigenvalue weighted by molar-refractivity contribution is 6.99. The summed E-state index contributed by atoms with van der Waals surface area (Å²) in [5, 5.41) is 1.39. The molecule has 1 amide bonds. The van der Waals surface area contributed by atoms with Crippen LogP contribution in [-0.4, -0.2) is 76.1 Å². The molecule has 11 heteroatoms. The van der Waals surface area contributed by atoms with Crippen LogP contribution in [0.3, 0.4) is 0 Å². The van der Waals surface area contributed by atoms with Gasteiger partial charge in [0.2, 0.25) is 5.91 Å². The molecule has 0 saturated carbocycles. The van der Waals surface area contributed by atoms with Crippen molar-refractivity contribution >= 4 is 42.5 Å². The third-order valence-corrected chi connectivity index (χ3v) is 14.5. The molecular formula is C39H49NO9Si. The smallest absolute Gasteiger partial charge is 0.335 e. The van der Waals surface area contributed by atoms with E-state index in [2.05, 4.69) is 20.8 Å². The normalized spacial score (nSPS) is 17.8. The number of ether oxygens (including phenoxy) is 4. The summed E-state index contributed by atoms with van der Waals surface area (Å²) in [4.78, 5) is 58.3. The van der Waals surface area contributed by atoms with Gasteiger partial charge in [-0.25, -0.2) is 4.79 Å². The minimum Gasteiger partial charge on any atom is -0.497 e. The first kappa shape index (κ1) is 38.3. The largest absolute Gasteiger partial charge is 0.497 e. The molecule has 1 heterocycles. The monoisotopic (exact) mass is 703 g/mol. The van der Waals surface area contributed by atoms with Crippen LogP contribution in [0.5, 0.6) is 5.75 Å². The molecule has 1 saturated heterocycles. The number of carbonyl (C=O) groups is 4. The summed E-state index contributed by atoms with van der Waals surface area (Å²) in [5.74, 6) is -4.30. The third-order valence-electron chi connectivity index (χ3n) is 9.50. The van der Waals surface area contributed by atoms with Gasteiger partial charge in [-0.3, -0.25) is 14.4 Å². The van der Waals surface area contributed by atoms with Crippen molar-refractivity contribution in [1.82, 2.24) is 4.90 Å². The summed E-state index contributed by atoms with van der Waals surface area (Å²) in [6.45, 7) is 11.9. The van der Waals surface area contributed by atoms with Gasteiger partial charge < -0.3 is 28.3 Å². The fourth-order valence-electron chi connectivity index (χ4n) is 7.07. The van der Waals surface area contributed by atoms with Gasteiger partial charge in [-0.05, 0) is 60.8 Å². The first-order chi connectivity index (χ1) is 23.8. The van der Waals surface area contributed by atoms with Gasteiger partial charge in [-0.15, -0.1) is 0 Å². The maximum atomic E-state index is 14.6. The Hall–Kier alpha value is -4.48. The first-order valence-electron chi connectivity index (χ1n) is 17.0. The van der Waals surface area contributed by atoms with Gasteiger partial charge in [-0.2, -0.15) is 0 Å². The highest BCUT2D eigenvalue weighted by atomic mass is 28.4. The predicted molar refractivity (Wildman–Crippen MR) is 191 cm³/mol. The second-order valence-corrected chi connectivity index (χ2v) is 17.8. The molecule has 0 radical (unpaired) electrons. The van der Waals surface area contributed by atoms with E-state index in [1.807, 2.05) is 60.7 Å². The molecule has 0 aliphatic carbocycles. The Labute approximate surface area is 296 Å². The average molecular weight is 704 g/mol. The second-order valence-electron chi connectivity index (χ2n) is 13.4. The number of esters is 3. The summed E-state index contributed by atoms with van der Waals surface area (Å²) >= 11 is 0. The number of benzene rings is 3. The van der Waals surface area contributed by atoms with Crippen LogP contribution in [-0.2, 0) is 44.4 Å². The van der Waals surface area contributed by atoms with Gasteiger partial charge in [-0.1, -0.05) is 93.6 Å². The molecule has 3 aromatic rings. The maximum Gasteiger partial charge on any atom is 0.335 e. The summed E-state index contributed by atoms with van der Waals surface area (Å²) in [5.41, 5.74) is -3.46. The zero-order chi connectivity index (χ0) is 36.7. The molecule has 0 aromatic heterocycles. The van der Waals surface area contributed by atoms with Crippen LogP contribution in [0.1, 0.15) is 54.0 Å². The van der Waals surface area contributed by atoms with Gasteiger partial charge in [0.15, 0.2) is 11.0 Å². The lowest BCUT2D eigenvalue weighted by atomic mass is 9.59. The van der Waals surface area contributed by atoms with E-state index in [-0.39, 0.29) is 33.0 Å². The van der Waals surface area contributed by atoms with Gasteiger partial charge in [0.05, 0.1) is 33.5 Å². The lowest BCUT2D eigenvalue weighted by molar-refractivity contribution is -0.217. The van der Waals surface area contributed by atoms with Gasteiger partial charge in [0, 0.05) is 6.54 Å². The van der Waals surface area contributed by atoms with Crippen molar-refractivity contribution in [2.75, 3.05) is 33.5 Å². The third kappa shape index (κ3) is 6.68. The number of β-lactam (4-membered cyclic amide) rings is 1. The lowest BCUT2D eigenvalue weighted by Gasteiger charge is -2.59. The quantitative estimate of drug-likeness (QED) is 0.0733. The first-order valence-corrected chi connectivity index (χ1v) is 18.9. The van der Waals surface area contributed by atoms with Gasteiger partial charge in [0.1, 0.15) is 11.7 Å². The van der Waals surface area contributed by atoms with Crippen molar-refractivity contribution in [2.45, 2.75) is 65.6 Å². The zero-order valence-corrected chi connectivity index (χ0v) is 31.3. The summed E-state index contributed by atoms with van der Waals surface area (Å²) < 4.78 is 29.2. The van der Waals surface area contributed by atoms with Gasteiger partial charge in [0.25, 0.3) is 8.32 Å². The minimum absolute atomic E-state index is 0.0212. The van der Waals surface area contributed by atoms with Crippen LogP contribution >= 0.6 is 0 Å². The number of hydrogen-bond acceptors (Lipinski definition) is 9. The number of hydrogen-bond donors (Lipinski definition) is 0. The number of nitrogens with zero attached hydrogens (tertiary/aromatic N) is 1. The number of likely N-dealkylation sites (tertiary alicyclic amines) is 1. The topological polar surface area (TPSA) is 118 Å². The van der Waals surface area contributed by atoms with E-state index in [1.165, 1.54) is 11.8 Å². The van der Waals surface area contributed by atoms with Crippen molar-refractivity contribution in [3.63, 3.8) is 0 Å². The Morgan fingerprint density at radius 2 is 1.22 bits per heavy atom. The van der Waals surface area contributed by atoms with E-state index < -0.39 is 54.0 Å². The minimum atomic E-state index is -3.33. The van der Waals surface area contributed by atoms with Crippen LogP contribution in [0.2, 0.25) is 5.04 Å². The average Bonchev–Trinajstić information content (AvgIpc) is 3.10. The molecule has 1 aliphatic heterocycles. The molecular weight excluding hydrogens is 655 g/mol. The number of amides is 1. The molecule has 10 nitrogen and oxygen atoms in total. The molecule has 0 bridgehead atoms. The molecule has 0 N–H and O–H groups in total. The number of methoxy groups -OCH3 is 1. The molecule has 2 atom stereocenters. The highest BCUT2D eigenvalue weighted by Gasteiger charge is 2.76. The van der Waals surface area contributed by atoms with Crippen LogP contribution in [0.25, 0.3) is 0 Å². The van der Waals surface area contributed by atoms with E-state index >= 15 is 0 Å². The second kappa shape index (κ2) is 15.6. The van der Waals surface area contributed by atoms with Crippen molar-refractivity contribution in [3.05, 3.63) is 90.5 Å². The predicted octanol–water partition coefficient (Wildman–Crippen LogP) is 4.66. The standard InChI is InChI=1S/C39H49NO9Si/c1-9-46-34(42)38(7,35(43)47-10-2)32-33(41)40(26-28-22-24-29(45-8)25-23-28)39(32,36(44)48-11-3)27-49-50(37(4,5)6,30-18-14-12-15-19-30)31-20-16-13-17-21-31/h12-25,32H,9-11,26-27H2,1-8H3. The molecule has 268 valence electrons. The van der Waals surface area contributed by atoms with E-state index in [0.717, 1.165) is 10.4 Å². The van der Waals surface area contributed by atoms with E-state index in [4.69, 9.17) is 23.4 Å². The number of rotatable bonds is 15. The van der Waals surface area contributed by atoms with Crippen LogP contribution in [0.4, 0.5) is 0 Å². The zero-order valence-electron chi connectivity index (χ0n) is 30.3. The summed E-state index contributed by atoms with van der Waals surface area (Å²) in [6, 6.07) is 26.8. The van der Waals surface area contributed by atoms with Crippen molar-refractivity contribution in [1.29, 1.82) is 0 Å². The molecule has 2 unspecified atom stereocenters.